The molecule has 0 bridgehead atoms. The molecule has 0 spiro atoms. The zero-order chi connectivity index (χ0) is 22.0. The second kappa shape index (κ2) is 6.60. The van der Waals surface area contributed by atoms with E-state index in [-0.39, 0.29) is 5.66 Å². The number of benzene rings is 3. The number of para-hydroxylation sites is 3. The molecule has 0 unspecified atom stereocenters. The van der Waals surface area contributed by atoms with Gasteiger partial charge in [-0.3, -0.25) is 0 Å². The minimum absolute atomic E-state index is 0.355. The van der Waals surface area contributed by atoms with Crippen molar-refractivity contribution in [2.75, 3.05) is 9.80 Å². The highest BCUT2D eigenvalue weighted by molar-refractivity contribution is 6.10. The Morgan fingerprint density at radius 2 is 1.38 bits per heavy atom. The molecule has 6 rings (SSSR count). The van der Waals surface area contributed by atoms with E-state index in [0.29, 0.717) is 5.71 Å². The van der Waals surface area contributed by atoms with Gasteiger partial charge in [0.2, 0.25) is 5.71 Å². The predicted octanol–water partition coefficient (Wildman–Crippen LogP) is 7.62. The van der Waals surface area contributed by atoms with Crippen molar-refractivity contribution in [1.82, 2.24) is 4.98 Å². The molecule has 4 heteroatoms. The smallest absolute Gasteiger partial charge is 0.227 e. The Kier molecular flexibility index (Phi) is 3.91. The van der Waals surface area contributed by atoms with E-state index in [1.165, 1.54) is 22.6 Å². The Hall–Kier alpha value is -3.79. The van der Waals surface area contributed by atoms with Crippen LogP contribution >= 0.6 is 0 Å². The summed E-state index contributed by atoms with van der Waals surface area (Å²) in [7, 11) is 0. The lowest BCUT2D eigenvalue weighted by atomic mass is 10.0. The molecule has 2 aromatic heterocycles. The van der Waals surface area contributed by atoms with Crippen molar-refractivity contribution in [3.63, 3.8) is 0 Å². The summed E-state index contributed by atoms with van der Waals surface area (Å²) in [6.45, 7) is 8.69. The number of anilines is 4. The van der Waals surface area contributed by atoms with E-state index in [0.717, 1.165) is 27.7 Å². The van der Waals surface area contributed by atoms with Crippen LogP contribution in [0.4, 0.5) is 22.7 Å². The molecule has 0 saturated heterocycles. The number of aromatic nitrogens is 1. The fraction of sp³-hybridized carbons (Fsp3) is 0.179. The molecule has 0 aliphatic carbocycles. The number of fused-ring (bicyclic) bond motifs is 4. The molecule has 0 saturated carbocycles. The molecule has 1 aliphatic rings. The molecule has 3 heterocycles. The van der Waals surface area contributed by atoms with Gasteiger partial charge in [0.05, 0.1) is 17.1 Å². The van der Waals surface area contributed by atoms with Gasteiger partial charge >= 0.3 is 0 Å². The van der Waals surface area contributed by atoms with Crippen molar-refractivity contribution in [1.29, 1.82) is 0 Å². The fourth-order valence-corrected chi connectivity index (χ4v) is 5.13. The van der Waals surface area contributed by atoms with Crippen LogP contribution in [-0.4, -0.2) is 10.6 Å². The van der Waals surface area contributed by atoms with Crippen LogP contribution in [-0.2, 0) is 0 Å². The van der Waals surface area contributed by atoms with Gasteiger partial charge in [-0.05, 0) is 69.7 Å². The molecule has 0 atom stereocenters. The standard InChI is InChI=1S/C28H25N3O/c1-18-14-16-21-22-17-15-19(2)29-27(22)32-26(21)25(18)31-24-13-9-8-12-23(24)30(28(31,3)4)20-10-6-5-7-11-20/h5-17H,1-4H3. The third-order valence-corrected chi connectivity index (χ3v) is 6.52. The number of furan rings is 1. The summed E-state index contributed by atoms with van der Waals surface area (Å²) in [6, 6.07) is 27.7. The van der Waals surface area contributed by atoms with Crippen molar-refractivity contribution in [3.05, 3.63) is 90.1 Å². The van der Waals surface area contributed by atoms with Crippen LogP contribution in [0.1, 0.15) is 25.1 Å². The fourth-order valence-electron chi connectivity index (χ4n) is 5.13. The summed E-state index contributed by atoms with van der Waals surface area (Å²) in [5, 5.41) is 2.15. The maximum Gasteiger partial charge on any atom is 0.227 e. The van der Waals surface area contributed by atoms with E-state index >= 15 is 0 Å². The van der Waals surface area contributed by atoms with Crippen molar-refractivity contribution in [2.24, 2.45) is 0 Å². The maximum atomic E-state index is 6.44. The lowest BCUT2D eigenvalue weighted by Gasteiger charge is -2.41. The zero-order valence-electron chi connectivity index (χ0n) is 18.8. The highest BCUT2D eigenvalue weighted by atomic mass is 16.3. The monoisotopic (exact) mass is 419 g/mol. The van der Waals surface area contributed by atoms with Gasteiger partial charge < -0.3 is 14.2 Å². The van der Waals surface area contributed by atoms with Crippen LogP contribution in [0.2, 0.25) is 0 Å². The van der Waals surface area contributed by atoms with Crippen molar-refractivity contribution < 1.29 is 4.42 Å². The average Bonchev–Trinajstić information content (AvgIpc) is 3.25. The average molecular weight is 420 g/mol. The minimum atomic E-state index is -0.355. The van der Waals surface area contributed by atoms with Crippen LogP contribution in [0.3, 0.4) is 0 Å². The molecule has 0 N–H and O–H groups in total. The first-order chi connectivity index (χ1) is 15.5. The first kappa shape index (κ1) is 18.9. The Morgan fingerprint density at radius 3 is 2.12 bits per heavy atom. The number of hydrogen-bond acceptors (Lipinski definition) is 4. The molecule has 5 aromatic rings. The van der Waals surface area contributed by atoms with Gasteiger partial charge in [0.1, 0.15) is 5.66 Å². The van der Waals surface area contributed by atoms with Gasteiger partial charge in [-0.15, -0.1) is 0 Å². The van der Waals surface area contributed by atoms with Crippen LogP contribution in [0.15, 0.2) is 83.3 Å². The molecule has 3 aromatic carbocycles. The molecule has 4 nitrogen and oxygen atoms in total. The quantitative estimate of drug-likeness (QED) is 0.294. The summed E-state index contributed by atoms with van der Waals surface area (Å²) in [6.07, 6.45) is 0. The summed E-state index contributed by atoms with van der Waals surface area (Å²) in [5.41, 5.74) is 7.96. The van der Waals surface area contributed by atoms with Crippen molar-refractivity contribution in [2.45, 2.75) is 33.4 Å². The number of hydrogen-bond donors (Lipinski definition) is 0. The molecule has 0 radical (unpaired) electrons. The van der Waals surface area contributed by atoms with Gasteiger partial charge in [-0.2, -0.15) is 0 Å². The second-order valence-corrected chi connectivity index (χ2v) is 9.00. The molecular weight excluding hydrogens is 394 g/mol. The number of aryl methyl sites for hydroxylation is 2. The highest BCUT2D eigenvalue weighted by Crippen LogP contribution is 2.54. The second-order valence-electron chi connectivity index (χ2n) is 9.00. The van der Waals surface area contributed by atoms with E-state index in [1.807, 2.05) is 13.0 Å². The van der Waals surface area contributed by atoms with Gasteiger partial charge in [0.15, 0.2) is 5.58 Å². The first-order valence-electron chi connectivity index (χ1n) is 11.0. The molecule has 1 aliphatic heterocycles. The lowest BCUT2D eigenvalue weighted by Crippen LogP contribution is -2.48. The summed E-state index contributed by atoms with van der Waals surface area (Å²) in [5.74, 6) is 0. The van der Waals surface area contributed by atoms with Gasteiger partial charge in [0.25, 0.3) is 0 Å². The van der Waals surface area contributed by atoms with Crippen LogP contribution in [0, 0.1) is 13.8 Å². The van der Waals surface area contributed by atoms with E-state index in [1.54, 1.807) is 0 Å². The number of pyridine rings is 1. The topological polar surface area (TPSA) is 32.5 Å². The molecule has 0 amide bonds. The van der Waals surface area contributed by atoms with Gasteiger partial charge in [-0.1, -0.05) is 42.5 Å². The number of rotatable bonds is 2. The van der Waals surface area contributed by atoms with Crippen molar-refractivity contribution >= 4 is 44.8 Å². The summed E-state index contributed by atoms with van der Waals surface area (Å²) < 4.78 is 6.44. The van der Waals surface area contributed by atoms with Crippen LogP contribution < -0.4 is 9.80 Å². The molecular formula is C28H25N3O. The Morgan fingerprint density at radius 1 is 0.719 bits per heavy atom. The lowest BCUT2D eigenvalue weighted by molar-refractivity contribution is 0.537. The van der Waals surface area contributed by atoms with E-state index < -0.39 is 0 Å². The van der Waals surface area contributed by atoms with E-state index in [4.69, 9.17) is 4.42 Å². The summed E-state index contributed by atoms with van der Waals surface area (Å²) >= 11 is 0. The first-order valence-corrected chi connectivity index (χ1v) is 11.0. The molecule has 158 valence electrons. The highest BCUT2D eigenvalue weighted by Gasteiger charge is 2.45. The Labute approximate surface area is 187 Å². The predicted molar refractivity (Wildman–Crippen MR) is 132 cm³/mol. The van der Waals surface area contributed by atoms with Gasteiger partial charge in [0, 0.05) is 22.2 Å². The SMILES string of the molecule is Cc1ccc2c(n1)oc1c(N3c4ccccc4N(c4ccccc4)C3(C)C)c(C)ccc12. The Balaban J connectivity index is 1.66. The molecule has 32 heavy (non-hydrogen) atoms. The van der Waals surface area contributed by atoms with Crippen LogP contribution in [0.25, 0.3) is 22.1 Å². The van der Waals surface area contributed by atoms with Crippen molar-refractivity contribution in [3.8, 4) is 0 Å². The normalized spacial score (nSPS) is 15.0. The van der Waals surface area contributed by atoms with Gasteiger partial charge in [-0.25, -0.2) is 4.98 Å². The Bertz CT molecular complexity index is 1480. The summed E-state index contributed by atoms with van der Waals surface area (Å²) in [4.78, 5) is 9.49. The van der Waals surface area contributed by atoms with Crippen LogP contribution in [0.5, 0.6) is 0 Å². The van der Waals surface area contributed by atoms with E-state index in [2.05, 4.69) is 108 Å². The minimum Gasteiger partial charge on any atom is -0.435 e. The zero-order valence-corrected chi connectivity index (χ0v) is 18.8. The third-order valence-electron chi connectivity index (χ3n) is 6.52. The third kappa shape index (κ3) is 2.53. The largest absolute Gasteiger partial charge is 0.435 e. The maximum absolute atomic E-state index is 6.44. The van der Waals surface area contributed by atoms with E-state index in [9.17, 15) is 0 Å². The number of nitrogens with zero attached hydrogens (tertiary/aromatic N) is 3. The molecule has 0 fully saturated rings.